The highest BCUT2D eigenvalue weighted by molar-refractivity contribution is 7.99. The molecule has 2 aromatic carbocycles. The molecule has 0 fully saturated rings. The maximum Gasteiger partial charge on any atom is 0.247 e. The van der Waals surface area contributed by atoms with Crippen LogP contribution in [-0.2, 0) is 0 Å². The first-order valence-corrected chi connectivity index (χ1v) is 8.18. The maximum atomic E-state index is 5.79. The molecule has 1 atom stereocenters. The summed E-state index contributed by atoms with van der Waals surface area (Å²) in [7, 11) is 0. The van der Waals surface area contributed by atoms with Crippen molar-refractivity contribution in [2.75, 3.05) is 0 Å². The van der Waals surface area contributed by atoms with Gasteiger partial charge in [0.25, 0.3) is 0 Å². The summed E-state index contributed by atoms with van der Waals surface area (Å²) >= 11 is 1.57. The van der Waals surface area contributed by atoms with E-state index in [9.17, 15) is 0 Å². The molecule has 0 radical (unpaired) electrons. The summed E-state index contributed by atoms with van der Waals surface area (Å²) in [4.78, 5) is 7.86. The Morgan fingerprint density at radius 3 is 2.61 bits per heavy atom. The zero-order valence-corrected chi connectivity index (χ0v) is 13.2. The number of benzene rings is 2. The number of aromatic amines is 1. The van der Waals surface area contributed by atoms with E-state index < -0.39 is 0 Å². The van der Waals surface area contributed by atoms with Gasteiger partial charge in [-0.1, -0.05) is 42.1 Å². The lowest BCUT2D eigenvalue weighted by atomic mass is 10.2. The minimum atomic E-state index is 0.0144. The summed E-state index contributed by atoms with van der Waals surface area (Å²) in [6.07, 6.45) is 0. The molecule has 5 nitrogen and oxygen atoms in total. The zero-order chi connectivity index (χ0) is 15.6. The number of H-pyrrole nitrogens is 1. The van der Waals surface area contributed by atoms with Crippen LogP contribution in [0, 0.1) is 0 Å². The van der Waals surface area contributed by atoms with Crippen LogP contribution in [0.25, 0.3) is 22.5 Å². The molecule has 0 aliphatic heterocycles. The van der Waals surface area contributed by atoms with Crippen molar-refractivity contribution in [1.82, 2.24) is 20.2 Å². The summed E-state index contributed by atoms with van der Waals surface area (Å²) in [6, 6.07) is 17.7. The Morgan fingerprint density at radius 2 is 1.78 bits per heavy atom. The summed E-state index contributed by atoms with van der Waals surface area (Å²) in [5.74, 6) is 1.13. The fourth-order valence-electron chi connectivity index (χ4n) is 2.30. The number of imidazole rings is 1. The Balaban J connectivity index is 1.55. The fraction of sp³-hybridized carbons (Fsp3) is 0.118. The molecule has 0 aliphatic carbocycles. The second-order valence-electron chi connectivity index (χ2n) is 5.13. The lowest BCUT2D eigenvalue weighted by molar-refractivity contribution is 0.509. The van der Waals surface area contributed by atoms with Crippen molar-refractivity contribution < 1.29 is 4.42 Å². The van der Waals surface area contributed by atoms with E-state index in [0.29, 0.717) is 11.8 Å². The Labute approximate surface area is 137 Å². The van der Waals surface area contributed by atoms with Gasteiger partial charge in [-0.25, -0.2) is 4.98 Å². The summed E-state index contributed by atoms with van der Waals surface area (Å²) in [5.41, 5.74) is 2.91. The second-order valence-corrected chi connectivity index (χ2v) is 6.46. The number of hydrogen-bond donors (Lipinski definition) is 1. The molecule has 1 N–H and O–H groups in total. The van der Waals surface area contributed by atoms with E-state index in [4.69, 9.17) is 4.42 Å². The molecule has 0 aliphatic rings. The molecule has 23 heavy (non-hydrogen) atoms. The lowest BCUT2D eigenvalue weighted by Gasteiger charge is -2.02. The van der Waals surface area contributed by atoms with Crippen LogP contribution in [0.2, 0.25) is 0 Å². The molecule has 0 saturated carbocycles. The van der Waals surface area contributed by atoms with Gasteiger partial charge in [-0.2, -0.15) is 0 Å². The first kappa shape index (κ1) is 14.0. The van der Waals surface area contributed by atoms with E-state index in [1.54, 1.807) is 11.8 Å². The van der Waals surface area contributed by atoms with Crippen molar-refractivity contribution in [3.05, 3.63) is 60.5 Å². The Kier molecular flexibility index (Phi) is 3.59. The van der Waals surface area contributed by atoms with Crippen molar-refractivity contribution >= 4 is 22.8 Å². The van der Waals surface area contributed by atoms with Crippen LogP contribution in [0.4, 0.5) is 0 Å². The van der Waals surface area contributed by atoms with Crippen LogP contribution in [-0.4, -0.2) is 20.2 Å². The maximum absolute atomic E-state index is 5.79. The smallest absolute Gasteiger partial charge is 0.247 e. The largest absolute Gasteiger partial charge is 0.419 e. The van der Waals surface area contributed by atoms with E-state index >= 15 is 0 Å². The van der Waals surface area contributed by atoms with Gasteiger partial charge in [-0.15, -0.1) is 10.2 Å². The van der Waals surface area contributed by atoms with Gasteiger partial charge in [-0.05, 0) is 31.2 Å². The topological polar surface area (TPSA) is 67.6 Å². The first-order chi connectivity index (χ1) is 11.3. The quantitative estimate of drug-likeness (QED) is 0.562. The van der Waals surface area contributed by atoms with Crippen LogP contribution in [0.15, 0.2) is 64.2 Å². The van der Waals surface area contributed by atoms with Crippen molar-refractivity contribution in [2.45, 2.75) is 17.3 Å². The van der Waals surface area contributed by atoms with Gasteiger partial charge in [0.1, 0.15) is 0 Å². The van der Waals surface area contributed by atoms with Crippen LogP contribution in [0.3, 0.4) is 0 Å². The molecular weight excluding hydrogens is 308 g/mol. The highest BCUT2D eigenvalue weighted by Crippen LogP contribution is 2.34. The average Bonchev–Trinajstić information content (AvgIpc) is 3.22. The van der Waals surface area contributed by atoms with Crippen LogP contribution >= 0.6 is 11.8 Å². The summed E-state index contributed by atoms with van der Waals surface area (Å²) < 4.78 is 5.79. The average molecular weight is 322 g/mol. The van der Waals surface area contributed by atoms with Crippen LogP contribution in [0.1, 0.15) is 18.1 Å². The molecule has 2 aromatic heterocycles. The molecule has 114 valence electrons. The van der Waals surface area contributed by atoms with Gasteiger partial charge >= 0.3 is 0 Å². The van der Waals surface area contributed by atoms with E-state index in [1.165, 1.54) is 0 Å². The number of nitrogens with one attached hydrogen (secondary N) is 1. The van der Waals surface area contributed by atoms with E-state index in [1.807, 2.05) is 61.5 Å². The number of rotatable bonds is 4. The standard InChI is InChI=1S/C17H14N4OS/c1-11(23-17-18-13-9-5-6-10-14(13)19-17)15-20-21-16(22-15)12-7-3-2-4-8-12/h2-11H,1H3,(H,18,19). The lowest BCUT2D eigenvalue weighted by Crippen LogP contribution is -1.89. The molecule has 0 bridgehead atoms. The van der Waals surface area contributed by atoms with Gasteiger partial charge in [0, 0.05) is 5.56 Å². The van der Waals surface area contributed by atoms with Gasteiger partial charge < -0.3 is 9.40 Å². The SMILES string of the molecule is CC(Sc1nc2ccccc2[nH]1)c1nnc(-c2ccccc2)o1. The van der Waals surface area contributed by atoms with Crippen LogP contribution in [0.5, 0.6) is 0 Å². The number of thioether (sulfide) groups is 1. The zero-order valence-electron chi connectivity index (χ0n) is 12.4. The molecule has 2 heterocycles. The highest BCUT2D eigenvalue weighted by atomic mass is 32.2. The number of aromatic nitrogens is 4. The predicted octanol–water partition coefficient (Wildman–Crippen LogP) is 4.47. The van der Waals surface area contributed by atoms with Gasteiger partial charge in [0.05, 0.1) is 16.3 Å². The molecule has 0 amide bonds. The highest BCUT2D eigenvalue weighted by Gasteiger charge is 2.17. The van der Waals surface area contributed by atoms with E-state index in [-0.39, 0.29) is 5.25 Å². The molecular formula is C17H14N4OS. The number of hydrogen-bond acceptors (Lipinski definition) is 5. The minimum absolute atomic E-state index is 0.0144. The van der Waals surface area contributed by atoms with Gasteiger partial charge in [0.15, 0.2) is 5.16 Å². The summed E-state index contributed by atoms with van der Waals surface area (Å²) in [6.45, 7) is 2.03. The van der Waals surface area contributed by atoms with Gasteiger partial charge in [0.2, 0.25) is 11.8 Å². The van der Waals surface area contributed by atoms with Crippen molar-refractivity contribution in [3.8, 4) is 11.5 Å². The van der Waals surface area contributed by atoms with Crippen molar-refractivity contribution in [1.29, 1.82) is 0 Å². The number of fused-ring (bicyclic) bond motifs is 1. The van der Waals surface area contributed by atoms with Crippen LogP contribution < -0.4 is 0 Å². The monoisotopic (exact) mass is 322 g/mol. The van der Waals surface area contributed by atoms with E-state index in [0.717, 1.165) is 21.8 Å². The normalized spacial score (nSPS) is 12.6. The van der Waals surface area contributed by atoms with Crippen molar-refractivity contribution in [2.24, 2.45) is 0 Å². The molecule has 1 unspecified atom stereocenters. The third-order valence-corrected chi connectivity index (χ3v) is 4.44. The minimum Gasteiger partial charge on any atom is -0.419 e. The fourth-order valence-corrected chi connectivity index (χ4v) is 3.15. The molecule has 0 saturated heterocycles. The molecule has 6 heteroatoms. The third-order valence-electron chi connectivity index (χ3n) is 3.47. The number of nitrogens with zero attached hydrogens (tertiary/aromatic N) is 3. The third kappa shape index (κ3) is 2.85. The second kappa shape index (κ2) is 5.89. The Morgan fingerprint density at radius 1 is 1.00 bits per heavy atom. The number of para-hydroxylation sites is 2. The molecule has 4 rings (SSSR count). The first-order valence-electron chi connectivity index (χ1n) is 7.30. The Bertz CT molecular complexity index is 899. The van der Waals surface area contributed by atoms with E-state index in [2.05, 4.69) is 20.2 Å². The molecule has 4 aromatic rings. The Hall–Kier alpha value is -2.60. The summed E-state index contributed by atoms with van der Waals surface area (Å²) in [5, 5.41) is 9.15. The predicted molar refractivity (Wildman–Crippen MR) is 90.1 cm³/mol. The molecule has 0 spiro atoms. The van der Waals surface area contributed by atoms with Gasteiger partial charge in [-0.3, -0.25) is 0 Å². The van der Waals surface area contributed by atoms with Crippen molar-refractivity contribution in [3.63, 3.8) is 0 Å².